The van der Waals surface area contributed by atoms with Gasteiger partial charge in [0.2, 0.25) is 0 Å². The van der Waals surface area contributed by atoms with Crippen molar-refractivity contribution in [1.29, 1.82) is 0 Å². The molecule has 10 rings (SSSR count). The standard InChI is InChI=1S/C47H33N/c1-47(2)43-19-11-10-18-38(43)39-25-24-36(29-44(39)47)48(35-22-20-31(21-23-35)30-12-4-3-5-13-30)46-37-17-9-8-16-34(37)28-42-40-26-32-14-6-7-15-33(32)27-41(40)45(42)46/h3-29H,1-2H3. The van der Waals surface area contributed by atoms with Crippen molar-refractivity contribution in [2.45, 2.75) is 19.3 Å². The third kappa shape index (κ3) is 3.85. The highest BCUT2D eigenvalue weighted by atomic mass is 15.1. The molecule has 48 heavy (non-hydrogen) atoms. The van der Waals surface area contributed by atoms with Gasteiger partial charge < -0.3 is 4.90 Å². The van der Waals surface area contributed by atoms with Crippen molar-refractivity contribution < 1.29 is 0 Å². The molecule has 0 atom stereocenters. The average molecular weight is 612 g/mol. The van der Waals surface area contributed by atoms with Crippen LogP contribution in [0.3, 0.4) is 0 Å². The number of anilines is 3. The number of hydrogen-bond acceptors (Lipinski definition) is 1. The van der Waals surface area contributed by atoms with Crippen molar-refractivity contribution in [1.82, 2.24) is 0 Å². The van der Waals surface area contributed by atoms with Crippen molar-refractivity contribution in [2.75, 3.05) is 4.90 Å². The van der Waals surface area contributed by atoms with Crippen LogP contribution in [0.5, 0.6) is 0 Å². The monoisotopic (exact) mass is 611 g/mol. The average Bonchev–Trinajstić information content (AvgIpc) is 3.37. The van der Waals surface area contributed by atoms with Gasteiger partial charge in [0.05, 0.1) is 5.69 Å². The second kappa shape index (κ2) is 10.0. The first-order chi connectivity index (χ1) is 23.6. The number of rotatable bonds is 4. The summed E-state index contributed by atoms with van der Waals surface area (Å²) < 4.78 is 0. The highest BCUT2D eigenvalue weighted by Crippen LogP contribution is 2.58. The molecule has 8 aromatic rings. The van der Waals surface area contributed by atoms with Gasteiger partial charge in [-0.15, -0.1) is 0 Å². The Bertz CT molecular complexity index is 2570. The molecule has 0 saturated heterocycles. The third-order valence-electron chi connectivity index (χ3n) is 10.7. The van der Waals surface area contributed by atoms with Gasteiger partial charge in [-0.3, -0.25) is 0 Å². The number of fused-ring (bicyclic) bond motifs is 9. The molecule has 8 aromatic carbocycles. The van der Waals surface area contributed by atoms with E-state index < -0.39 is 0 Å². The minimum atomic E-state index is -0.0971. The molecule has 0 N–H and O–H groups in total. The lowest BCUT2D eigenvalue weighted by atomic mass is 9.76. The van der Waals surface area contributed by atoms with Gasteiger partial charge in [0.15, 0.2) is 0 Å². The molecular formula is C47H33N. The van der Waals surface area contributed by atoms with Gasteiger partial charge in [-0.1, -0.05) is 135 Å². The summed E-state index contributed by atoms with van der Waals surface area (Å²) in [7, 11) is 0. The molecule has 0 spiro atoms. The second-order valence-electron chi connectivity index (χ2n) is 13.8. The predicted octanol–water partition coefficient (Wildman–Crippen LogP) is 13.1. The van der Waals surface area contributed by atoms with E-state index in [2.05, 4.69) is 183 Å². The lowest BCUT2D eigenvalue weighted by Gasteiger charge is -2.36. The van der Waals surface area contributed by atoms with Gasteiger partial charge in [0, 0.05) is 27.7 Å². The summed E-state index contributed by atoms with van der Waals surface area (Å²) in [5.41, 5.74) is 16.7. The maximum absolute atomic E-state index is 2.52. The lowest BCUT2D eigenvalue weighted by molar-refractivity contribution is 0.660. The smallest absolute Gasteiger partial charge is 0.0624 e. The highest BCUT2D eigenvalue weighted by molar-refractivity contribution is 6.20. The van der Waals surface area contributed by atoms with Crippen LogP contribution < -0.4 is 4.90 Å². The molecule has 2 aliphatic rings. The van der Waals surface area contributed by atoms with Crippen LogP contribution in [0.15, 0.2) is 164 Å². The molecule has 0 amide bonds. The summed E-state index contributed by atoms with van der Waals surface area (Å²) in [4.78, 5) is 2.52. The van der Waals surface area contributed by atoms with E-state index in [1.54, 1.807) is 0 Å². The van der Waals surface area contributed by atoms with Gasteiger partial charge in [-0.2, -0.15) is 0 Å². The van der Waals surface area contributed by atoms with Gasteiger partial charge in [-0.05, 0) is 109 Å². The zero-order valence-corrected chi connectivity index (χ0v) is 27.0. The molecule has 0 saturated carbocycles. The molecule has 0 heterocycles. The van der Waals surface area contributed by atoms with Gasteiger partial charge in [-0.25, -0.2) is 0 Å². The number of hydrogen-bond donors (Lipinski definition) is 0. The first kappa shape index (κ1) is 27.2. The first-order valence-corrected chi connectivity index (χ1v) is 16.9. The minimum Gasteiger partial charge on any atom is -0.309 e. The molecule has 0 aromatic heterocycles. The number of benzene rings is 8. The van der Waals surface area contributed by atoms with E-state index in [1.807, 2.05) is 0 Å². The van der Waals surface area contributed by atoms with Crippen LogP contribution in [0.1, 0.15) is 25.0 Å². The summed E-state index contributed by atoms with van der Waals surface area (Å²) in [6.45, 7) is 4.73. The van der Waals surface area contributed by atoms with Crippen molar-refractivity contribution in [3.63, 3.8) is 0 Å². The summed E-state index contributed by atoms with van der Waals surface area (Å²) in [6.07, 6.45) is 0. The van der Waals surface area contributed by atoms with Crippen LogP contribution in [0.4, 0.5) is 17.1 Å². The molecule has 0 unspecified atom stereocenters. The van der Waals surface area contributed by atoms with Crippen molar-refractivity contribution in [3.05, 3.63) is 175 Å². The van der Waals surface area contributed by atoms with E-state index in [0.717, 1.165) is 5.69 Å². The maximum atomic E-state index is 2.52. The highest BCUT2D eigenvalue weighted by Gasteiger charge is 2.37. The maximum Gasteiger partial charge on any atom is 0.0624 e. The fourth-order valence-corrected chi connectivity index (χ4v) is 8.33. The van der Waals surface area contributed by atoms with E-state index in [1.165, 1.54) is 88.6 Å². The fourth-order valence-electron chi connectivity index (χ4n) is 8.33. The van der Waals surface area contributed by atoms with Gasteiger partial charge >= 0.3 is 0 Å². The quantitative estimate of drug-likeness (QED) is 0.191. The molecule has 0 bridgehead atoms. The fraction of sp³-hybridized carbons (Fsp3) is 0.0638. The Labute approximate surface area is 281 Å². The van der Waals surface area contributed by atoms with E-state index in [-0.39, 0.29) is 5.41 Å². The normalized spacial score (nSPS) is 13.4. The van der Waals surface area contributed by atoms with E-state index in [4.69, 9.17) is 0 Å². The molecular weight excluding hydrogens is 579 g/mol. The SMILES string of the molecule is CC1(C)c2ccccc2-c2ccc(N(c3ccc(-c4ccccc4)cc3)c3c4c(cc5ccccc35)-c3cc5ccccc5cc3-4)cc21. The van der Waals surface area contributed by atoms with Crippen LogP contribution in [-0.2, 0) is 5.41 Å². The van der Waals surface area contributed by atoms with Crippen LogP contribution in [0.25, 0.3) is 66.1 Å². The largest absolute Gasteiger partial charge is 0.309 e. The van der Waals surface area contributed by atoms with Crippen LogP contribution in [0.2, 0.25) is 0 Å². The van der Waals surface area contributed by atoms with E-state index >= 15 is 0 Å². The zero-order chi connectivity index (χ0) is 32.0. The Morgan fingerprint density at radius 3 is 1.77 bits per heavy atom. The molecule has 0 aliphatic heterocycles. The van der Waals surface area contributed by atoms with Gasteiger partial charge in [0.1, 0.15) is 0 Å². The molecule has 0 radical (unpaired) electrons. The minimum absolute atomic E-state index is 0.0971. The van der Waals surface area contributed by atoms with Crippen LogP contribution in [0, 0.1) is 0 Å². The molecule has 1 heteroatoms. The van der Waals surface area contributed by atoms with Gasteiger partial charge in [0.25, 0.3) is 0 Å². The Balaban J connectivity index is 1.24. The lowest BCUT2D eigenvalue weighted by Crippen LogP contribution is -2.18. The van der Waals surface area contributed by atoms with E-state index in [9.17, 15) is 0 Å². The zero-order valence-electron chi connectivity index (χ0n) is 27.0. The summed E-state index contributed by atoms with van der Waals surface area (Å²) in [5.74, 6) is 0. The van der Waals surface area contributed by atoms with E-state index in [0.29, 0.717) is 0 Å². The summed E-state index contributed by atoms with van der Waals surface area (Å²) in [5, 5.41) is 5.07. The van der Waals surface area contributed by atoms with Crippen molar-refractivity contribution >= 4 is 38.6 Å². The molecule has 2 aliphatic carbocycles. The topological polar surface area (TPSA) is 3.24 Å². The molecule has 0 fully saturated rings. The van der Waals surface area contributed by atoms with Crippen LogP contribution >= 0.6 is 0 Å². The Kier molecular flexibility index (Phi) is 5.69. The first-order valence-electron chi connectivity index (χ1n) is 16.9. The van der Waals surface area contributed by atoms with Crippen molar-refractivity contribution in [2.24, 2.45) is 0 Å². The second-order valence-corrected chi connectivity index (χ2v) is 13.8. The summed E-state index contributed by atoms with van der Waals surface area (Å²) in [6, 6.07) is 60.6. The molecule has 226 valence electrons. The predicted molar refractivity (Wildman–Crippen MR) is 204 cm³/mol. The Morgan fingerprint density at radius 1 is 0.396 bits per heavy atom. The molecule has 1 nitrogen and oxygen atoms in total. The number of nitrogens with zero attached hydrogens (tertiary/aromatic N) is 1. The summed E-state index contributed by atoms with van der Waals surface area (Å²) >= 11 is 0. The third-order valence-corrected chi connectivity index (χ3v) is 10.7. The van der Waals surface area contributed by atoms with Crippen molar-refractivity contribution in [3.8, 4) is 44.5 Å². The van der Waals surface area contributed by atoms with Crippen LogP contribution in [-0.4, -0.2) is 0 Å². The Morgan fingerprint density at radius 2 is 0.979 bits per heavy atom. The Hall–Kier alpha value is -5.92.